The molecular formula is C23H30N2O3. The van der Waals surface area contributed by atoms with Crippen LogP contribution in [-0.4, -0.2) is 23.6 Å². The molecule has 0 aliphatic heterocycles. The van der Waals surface area contributed by atoms with Gasteiger partial charge in [-0.05, 0) is 76.3 Å². The van der Waals surface area contributed by atoms with Crippen molar-refractivity contribution in [2.45, 2.75) is 59.1 Å². The Balaban J connectivity index is 2.10. The lowest BCUT2D eigenvalue weighted by atomic mass is 10.0. The fraction of sp³-hybridized carbons (Fsp3) is 0.391. The van der Waals surface area contributed by atoms with E-state index in [1.807, 2.05) is 62.4 Å². The van der Waals surface area contributed by atoms with Crippen LogP contribution in [0.5, 0.6) is 0 Å². The Morgan fingerprint density at radius 2 is 1.61 bits per heavy atom. The van der Waals surface area contributed by atoms with Crippen LogP contribution in [0.15, 0.2) is 48.5 Å². The minimum atomic E-state index is -0.698. The van der Waals surface area contributed by atoms with Crippen LogP contribution in [0.4, 0.5) is 10.5 Å². The predicted molar refractivity (Wildman–Crippen MR) is 112 cm³/mol. The van der Waals surface area contributed by atoms with Gasteiger partial charge >= 0.3 is 6.09 Å². The third-order valence-corrected chi connectivity index (χ3v) is 4.06. The molecule has 5 heteroatoms. The van der Waals surface area contributed by atoms with E-state index in [-0.39, 0.29) is 5.91 Å². The van der Waals surface area contributed by atoms with Gasteiger partial charge < -0.3 is 15.4 Å². The number of anilines is 1. The lowest BCUT2D eigenvalue weighted by molar-refractivity contribution is -0.118. The molecule has 5 nitrogen and oxygen atoms in total. The smallest absolute Gasteiger partial charge is 0.408 e. The van der Waals surface area contributed by atoms with Crippen LogP contribution in [0.2, 0.25) is 0 Å². The molecule has 0 heterocycles. The van der Waals surface area contributed by atoms with Gasteiger partial charge in [-0.2, -0.15) is 0 Å². The van der Waals surface area contributed by atoms with Crippen molar-refractivity contribution in [3.63, 3.8) is 0 Å². The number of aryl methyl sites for hydroxylation is 3. The van der Waals surface area contributed by atoms with E-state index < -0.39 is 17.7 Å². The molecule has 0 aliphatic carbocycles. The van der Waals surface area contributed by atoms with E-state index in [4.69, 9.17) is 4.74 Å². The first-order valence-electron chi connectivity index (χ1n) is 9.55. The summed E-state index contributed by atoms with van der Waals surface area (Å²) in [5.41, 5.74) is 3.33. The molecule has 2 amide bonds. The maximum absolute atomic E-state index is 12.9. The van der Waals surface area contributed by atoms with Gasteiger partial charge in [0.15, 0.2) is 0 Å². The average Bonchev–Trinajstić information content (AvgIpc) is 2.56. The molecule has 0 saturated heterocycles. The molecule has 28 heavy (non-hydrogen) atoms. The summed E-state index contributed by atoms with van der Waals surface area (Å²) in [7, 11) is 0. The van der Waals surface area contributed by atoms with Crippen LogP contribution in [0.3, 0.4) is 0 Å². The standard InChI is InChI=1S/C23H30N2O3/c1-16-13-17(2)15-19(14-16)24-21(26)20(25-22(27)28-23(3,4)5)12-11-18-9-7-6-8-10-18/h6-10,13-15,20H,11-12H2,1-5H3,(H,24,26)(H,25,27)/t20-/m1/s1. The van der Waals surface area contributed by atoms with Gasteiger partial charge in [-0.1, -0.05) is 36.4 Å². The summed E-state index contributed by atoms with van der Waals surface area (Å²) < 4.78 is 5.33. The van der Waals surface area contributed by atoms with Crippen LogP contribution in [0, 0.1) is 13.8 Å². The van der Waals surface area contributed by atoms with E-state index >= 15 is 0 Å². The van der Waals surface area contributed by atoms with E-state index in [0.29, 0.717) is 12.8 Å². The Morgan fingerprint density at radius 1 is 1.00 bits per heavy atom. The van der Waals surface area contributed by atoms with E-state index in [9.17, 15) is 9.59 Å². The Morgan fingerprint density at radius 3 is 2.18 bits per heavy atom. The van der Waals surface area contributed by atoms with Gasteiger partial charge in [0.2, 0.25) is 5.91 Å². The molecule has 150 valence electrons. The van der Waals surface area contributed by atoms with Crippen LogP contribution in [0.25, 0.3) is 0 Å². The second kappa shape index (κ2) is 9.40. The lowest BCUT2D eigenvalue weighted by Gasteiger charge is -2.23. The van der Waals surface area contributed by atoms with Gasteiger partial charge in [0, 0.05) is 5.69 Å². The highest BCUT2D eigenvalue weighted by molar-refractivity contribution is 5.96. The first kappa shape index (κ1) is 21.5. The van der Waals surface area contributed by atoms with Crippen molar-refractivity contribution in [3.8, 4) is 0 Å². The first-order valence-corrected chi connectivity index (χ1v) is 9.55. The van der Waals surface area contributed by atoms with Crippen LogP contribution in [-0.2, 0) is 16.0 Å². The summed E-state index contributed by atoms with van der Waals surface area (Å²) in [5, 5.41) is 5.64. The highest BCUT2D eigenvalue weighted by Crippen LogP contribution is 2.15. The second-order valence-corrected chi connectivity index (χ2v) is 8.09. The van der Waals surface area contributed by atoms with Crippen molar-refractivity contribution < 1.29 is 14.3 Å². The molecule has 0 radical (unpaired) electrons. The van der Waals surface area contributed by atoms with Crippen molar-refractivity contribution in [2.75, 3.05) is 5.32 Å². The zero-order chi connectivity index (χ0) is 20.7. The number of nitrogens with one attached hydrogen (secondary N) is 2. The molecule has 1 atom stereocenters. The minimum absolute atomic E-state index is 0.258. The quantitative estimate of drug-likeness (QED) is 0.756. The summed E-state index contributed by atoms with van der Waals surface area (Å²) in [5.74, 6) is -0.258. The maximum Gasteiger partial charge on any atom is 0.408 e. The fourth-order valence-electron chi connectivity index (χ4n) is 2.95. The van der Waals surface area contributed by atoms with Crippen LogP contribution >= 0.6 is 0 Å². The number of carbonyl (C=O) groups is 2. The molecule has 2 aromatic carbocycles. The molecule has 2 N–H and O–H groups in total. The van der Waals surface area contributed by atoms with Gasteiger partial charge in [-0.3, -0.25) is 4.79 Å². The zero-order valence-corrected chi connectivity index (χ0v) is 17.3. The molecule has 2 rings (SSSR count). The molecule has 2 aromatic rings. The summed E-state index contributed by atoms with van der Waals surface area (Å²) in [4.78, 5) is 25.1. The van der Waals surface area contributed by atoms with Crippen molar-refractivity contribution in [1.82, 2.24) is 5.32 Å². The monoisotopic (exact) mass is 382 g/mol. The third-order valence-electron chi connectivity index (χ3n) is 4.06. The van der Waals surface area contributed by atoms with Gasteiger partial charge in [0.25, 0.3) is 0 Å². The molecule has 0 aromatic heterocycles. The normalized spacial score (nSPS) is 12.2. The summed E-state index contributed by atoms with van der Waals surface area (Å²) in [6.45, 7) is 9.34. The van der Waals surface area contributed by atoms with Gasteiger partial charge in [-0.25, -0.2) is 4.79 Å². The van der Waals surface area contributed by atoms with E-state index in [1.165, 1.54) is 0 Å². The van der Waals surface area contributed by atoms with Crippen molar-refractivity contribution in [1.29, 1.82) is 0 Å². The van der Waals surface area contributed by atoms with E-state index in [2.05, 4.69) is 10.6 Å². The molecule has 0 aliphatic rings. The molecule has 0 spiro atoms. The predicted octanol–water partition coefficient (Wildman–Crippen LogP) is 4.77. The van der Waals surface area contributed by atoms with Crippen molar-refractivity contribution in [3.05, 3.63) is 65.2 Å². The maximum atomic E-state index is 12.9. The summed E-state index contributed by atoms with van der Waals surface area (Å²) in [6.07, 6.45) is 0.544. The number of ether oxygens (including phenoxy) is 1. The van der Waals surface area contributed by atoms with E-state index in [0.717, 1.165) is 22.4 Å². The highest BCUT2D eigenvalue weighted by Gasteiger charge is 2.24. The number of benzene rings is 2. The molecule has 0 unspecified atom stereocenters. The number of carbonyl (C=O) groups excluding carboxylic acids is 2. The van der Waals surface area contributed by atoms with Gasteiger partial charge in [-0.15, -0.1) is 0 Å². The lowest BCUT2D eigenvalue weighted by Crippen LogP contribution is -2.46. The largest absolute Gasteiger partial charge is 0.444 e. The fourth-order valence-corrected chi connectivity index (χ4v) is 2.95. The summed E-state index contributed by atoms with van der Waals surface area (Å²) >= 11 is 0. The molecule has 0 bridgehead atoms. The number of amides is 2. The highest BCUT2D eigenvalue weighted by atomic mass is 16.6. The first-order chi connectivity index (χ1) is 13.1. The van der Waals surface area contributed by atoms with Gasteiger partial charge in [0.1, 0.15) is 11.6 Å². The third kappa shape index (κ3) is 7.43. The summed E-state index contributed by atoms with van der Waals surface area (Å²) in [6, 6.07) is 15.0. The Labute approximate surface area is 167 Å². The van der Waals surface area contributed by atoms with Crippen molar-refractivity contribution in [2.24, 2.45) is 0 Å². The van der Waals surface area contributed by atoms with Crippen molar-refractivity contribution >= 4 is 17.7 Å². The molecular weight excluding hydrogens is 352 g/mol. The Hall–Kier alpha value is -2.82. The number of rotatable bonds is 6. The Kier molecular flexibility index (Phi) is 7.21. The van der Waals surface area contributed by atoms with Crippen LogP contribution in [0.1, 0.15) is 43.9 Å². The number of alkyl carbamates (subject to hydrolysis) is 1. The second-order valence-electron chi connectivity index (χ2n) is 8.09. The molecule has 0 saturated carbocycles. The number of hydrogen-bond acceptors (Lipinski definition) is 3. The number of hydrogen-bond donors (Lipinski definition) is 2. The van der Waals surface area contributed by atoms with Crippen LogP contribution < -0.4 is 10.6 Å². The average molecular weight is 383 g/mol. The van der Waals surface area contributed by atoms with Gasteiger partial charge in [0.05, 0.1) is 0 Å². The topological polar surface area (TPSA) is 67.4 Å². The van der Waals surface area contributed by atoms with E-state index in [1.54, 1.807) is 20.8 Å². The minimum Gasteiger partial charge on any atom is -0.444 e. The zero-order valence-electron chi connectivity index (χ0n) is 17.3. The Bertz CT molecular complexity index is 790. The SMILES string of the molecule is Cc1cc(C)cc(NC(=O)[C@@H](CCc2ccccc2)NC(=O)OC(C)(C)C)c1. The molecule has 0 fully saturated rings.